The van der Waals surface area contributed by atoms with E-state index in [0.717, 1.165) is 18.0 Å². The summed E-state index contributed by atoms with van der Waals surface area (Å²) in [7, 11) is 4.31. The molecule has 2 aromatic rings. The van der Waals surface area contributed by atoms with Gasteiger partial charge in [-0.15, -0.1) is 0 Å². The van der Waals surface area contributed by atoms with Crippen molar-refractivity contribution in [2.45, 2.75) is 13.0 Å². The van der Waals surface area contributed by atoms with E-state index in [1.807, 2.05) is 37.3 Å². The lowest BCUT2D eigenvalue weighted by Gasteiger charge is -2.23. The molecule has 2 rings (SSSR count). The number of hydrogen-bond acceptors (Lipinski definition) is 2. The maximum absolute atomic E-state index is 5.44. The summed E-state index contributed by atoms with van der Waals surface area (Å²) in [5.41, 5.74) is 2.25. The Morgan fingerprint density at radius 2 is 1.75 bits per heavy atom. The monoisotopic (exact) mass is 344 g/mol. The van der Waals surface area contributed by atoms with Crippen molar-refractivity contribution in [3.8, 4) is 5.75 Å². The number of likely N-dealkylation sites (N-methyl/N-ethyl adjacent to an activating group) is 1. The second kappa shape index (κ2) is 9.25. The van der Waals surface area contributed by atoms with E-state index in [-0.39, 0.29) is 0 Å². The van der Waals surface area contributed by atoms with Crippen molar-refractivity contribution < 1.29 is 9.64 Å². The van der Waals surface area contributed by atoms with E-state index in [1.54, 1.807) is 0 Å². The SMILES string of the molecule is CCOc1ccc(NC(=S)NC[C@@H](c2ccccc2)[NH+](C)C)cc1. The smallest absolute Gasteiger partial charge is 0.171 e. The minimum absolute atomic E-state index is 0.339. The largest absolute Gasteiger partial charge is 0.494 e. The molecule has 0 heterocycles. The zero-order valence-corrected chi connectivity index (χ0v) is 15.3. The van der Waals surface area contributed by atoms with Gasteiger partial charge in [0.05, 0.1) is 27.2 Å². The highest BCUT2D eigenvalue weighted by atomic mass is 32.1. The molecule has 3 N–H and O–H groups in total. The fourth-order valence-corrected chi connectivity index (χ4v) is 2.71. The van der Waals surface area contributed by atoms with Gasteiger partial charge in [-0.3, -0.25) is 0 Å². The standard InChI is InChI=1S/C19H25N3OS/c1-4-23-17-12-10-16(11-13-17)21-19(24)20-14-18(22(2)3)15-8-6-5-7-9-15/h5-13,18H,4,14H2,1-3H3,(H2,20,21,24)/p+1/t18-/m0/s1. The fraction of sp³-hybridized carbons (Fsp3) is 0.316. The van der Waals surface area contributed by atoms with Crippen LogP contribution in [0.4, 0.5) is 5.69 Å². The predicted molar refractivity (Wildman–Crippen MR) is 104 cm³/mol. The van der Waals surface area contributed by atoms with E-state index in [2.05, 4.69) is 49.0 Å². The molecule has 0 unspecified atom stereocenters. The van der Waals surface area contributed by atoms with Gasteiger partial charge in [-0.05, 0) is 43.4 Å². The van der Waals surface area contributed by atoms with Crippen LogP contribution in [0.2, 0.25) is 0 Å². The van der Waals surface area contributed by atoms with E-state index in [1.165, 1.54) is 10.5 Å². The molecule has 0 aromatic heterocycles. The normalized spacial score (nSPS) is 11.8. The average Bonchev–Trinajstić information content (AvgIpc) is 2.58. The number of ether oxygens (including phenoxy) is 1. The first-order valence-corrected chi connectivity index (χ1v) is 8.63. The Bertz CT molecular complexity index is 629. The molecule has 24 heavy (non-hydrogen) atoms. The third kappa shape index (κ3) is 5.51. The molecular formula is C19H26N3OS+. The number of nitrogens with one attached hydrogen (secondary N) is 3. The maximum atomic E-state index is 5.44. The van der Waals surface area contributed by atoms with Crippen LogP contribution in [0.5, 0.6) is 5.75 Å². The van der Waals surface area contributed by atoms with Crippen molar-refractivity contribution in [2.24, 2.45) is 0 Å². The Labute approximate surface area is 149 Å². The van der Waals surface area contributed by atoms with Crippen LogP contribution in [0.25, 0.3) is 0 Å². The Morgan fingerprint density at radius 1 is 1.08 bits per heavy atom. The van der Waals surface area contributed by atoms with Gasteiger partial charge in [0.2, 0.25) is 0 Å². The Balaban J connectivity index is 1.89. The Kier molecular flexibility index (Phi) is 7.03. The van der Waals surface area contributed by atoms with Gasteiger partial charge >= 0.3 is 0 Å². The fourth-order valence-electron chi connectivity index (χ4n) is 2.51. The summed E-state index contributed by atoms with van der Waals surface area (Å²) < 4.78 is 5.44. The predicted octanol–water partition coefficient (Wildman–Crippen LogP) is 2.26. The molecule has 4 nitrogen and oxygen atoms in total. The topological polar surface area (TPSA) is 37.7 Å². The number of quaternary nitrogens is 1. The summed E-state index contributed by atoms with van der Waals surface area (Å²) in [6.07, 6.45) is 0. The number of rotatable bonds is 7. The van der Waals surface area contributed by atoms with Crippen LogP contribution < -0.4 is 20.3 Å². The third-order valence-electron chi connectivity index (χ3n) is 3.79. The number of benzene rings is 2. The van der Waals surface area contributed by atoms with Crippen LogP contribution in [-0.2, 0) is 0 Å². The molecule has 2 aromatic carbocycles. The molecule has 0 aliphatic rings. The quantitative estimate of drug-likeness (QED) is 0.674. The van der Waals surface area contributed by atoms with Crippen LogP contribution in [0.15, 0.2) is 54.6 Å². The molecule has 0 spiro atoms. The van der Waals surface area contributed by atoms with Gasteiger partial charge in [0.15, 0.2) is 5.11 Å². The van der Waals surface area contributed by atoms with Gasteiger partial charge in [0, 0.05) is 11.3 Å². The lowest BCUT2D eigenvalue weighted by molar-refractivity contribution is -0.890. The zero-order valence-electron chi connectivity index (χ0n) is 14.5. The lowest BCUT2D eigenvalue weighted by atomic mass is 10.1. The molecule has 0 aliphatic heterocycles. The first kappa shape index (κ1) is 18.2. The van der Waals surface area contributed by atoms with Gasteiger partial charge in [-0.1, -0.05) is 30.3 Å². The van der Waals surface area contributed by atoms with Crippen LogP contribution in [0.3, 0.4) is 0 Å². The summed E-state index contributed by atoms with van der Waals surface area (Å²) in [4.78, 5) is 1.36. The molecule has 5 heteroatoms. The van der Waals surface area contributed by atoms with Crippen molar-refractivity contribution in [3.05, 3.63) is 60.2 Å². The number of thiocarbonyl (C=S) groups is 1. The lowest BCUT2D eigenvalue weighted by Crippen LogP contribution is -3.07. The second-order valence-electron chi connectivity index (χ2n) is 5.83. The van der Waals surface area contributed by atoms with Crippen LogP contribution in [-0.4, -0.2) is 32.4 Å². The minimum Gasteiger partial charge on any atom is -0.494 e. The van der Waals surface area contributed by atoms with Gasteiger partial charge < -0.3 is 20.3 Å². The van der Waals surface area contributed by atoms with Crippen molar-refractivity contribution in [1.82, 2.24) is 5.32 Å². The maximum Gasteiger partial charge on any atom is 0.171 e. The molecule has 0 fully saturated rings. The summed E-state index contributed by atoms with van der Waals surface area (Å²) in [5, 5.41) is 7.16. The van der Waals surface area contributed by atoms with E-state index in [9.17, 15) is 0 Å². The first-order chi connectivity index (χ1) is 11.6. The van der Waals surface area contributed by atoms with E-state index < -0.39 is 0 Å². The van der Waals surface area contributed by atoms with E-state index in [4.69, 9.17) is 17.0 Å². The van der Waals surface area contributed by atoms with Crippen molar-refractivity contribution >= 4 is 23.0 Å². The highest BCUT2D eigenvalue weighted by molar-refractivity contribution is 7.80. The van der Waals surface area contributed by atoms with Gasteiger partial charge in [-0.2, -0.15) is 0 Å². The summed E-state index contributed by atoms with van der Waals surface area (Å²) >= 11 is 5.41. The molecule has 1 atom stereocenters. The van der Waals surface area contributed by atoms with E-state index in [0.29, 0.717) is 17.8 Å². The van der Waals surface area contributed by atoms with Gasteiger partial charge in [-0.25, -0.2) is 0 Å². The van der Waals surface area contributed by atoms with Crippen LogP contribution >= 0.6 is 12.2 Å². The molecule has 0 aliphatic carbocycles. The molecule has 0 amide bonds. The summed E-state index contributed by atoms with van der Waals surface area (Å²) in [6.45, 7) is 3.41. The molecule has 0 saturated carbocycles. The van der Waals surface area contributed by atoms with Crippen LogP contribution in [0.1, 0.15) is 18.5 Å². The van der Waals surface area contributed by atoms with Gasteiger partial charge in [0.1, 0.15) is 11.8 Å². The molecular weight excluding hydrogens is 318 g/mol. The average molecular weight is 345 g/mol. The Hall–Kier alpha value is -2.11. The first-order valence-electron chi connectivity index (χ1n) is 8.23. The highest BCUT2D eigenvalue weighted by Crippen LogP contribution is 2.15. The molecule has 128 valence electrons. The van der Waals surface area contributed by atoms with Crippen molar-refractivity contribution in [1.29, 1.82) is 0 Å². The van der Waals surface area contributed by atoms with Crippen molar-refractivity contribution in [3.63, 3.8) is 0 Å². The molecule has 0 bridgehead atoms. The van der Waals surface area contributed by atoms with E-state index >= 15 is 0 Å². The van der Waals surface area contributed by atoms with Gasteiger partial charge in [0.25, 0.3) is 0 Å². The number of anilines is 1. The number of hydrogen-bond donors (Lipinski definition) is 3. The molecule has 0 saturated heterocycles. The minimum atomic E-state index is 0.339. The van der Waals surface area contributed by atoms with Crippen LogP contribution in [0, 0.1) is 0 Å². The molecule has 0 radical (unpaired) electrons. The summed E-state index contributed by atoms with van der Waals surface area (Å²) in [6, 6.07) is 18.6. The van der Waals surface area contributed by atoms with Crippen molar-refractivity contribution in [2.75, 3.05) is 32.6 Å². The third-order valence-corrected chi connectivity index (χ3v) is 4.04. The highest BCUT2D eigenvalue weighted by Gasteiger charge is 2.17. The zero-order chi connectivity index (χ0) is 17.4. The second-order valence-corrected chi connectivity index (χ2v) is 6.24. The summed E-state index contributed by atoms with van der Waals surface area (Å²) in [5.74, 6) is 0.863. The Morgan fingerprint density at radius 3 is 2.33 bits per heavy atom.